The molecule has 0 radical (unpaired) electrons. The summed E-state index contributed by atoms with van der Waals surface area (Å²) in [5.74, 6) is 0.570. The molecule has 1 nitrogen and oxygen atoms in total. The third-order valence-electron chi connectivity index (χ3n) is 3.39. The smallest absolute Gasteiger partial charge is 0.123 e. The van der Waals surface area contributed by atoms with Gasteiger partial charge in [0.1, 0.15) is 5.01 Å². The van der Waals surface area contributed by atoms with E-state index in [9.17, 15) is 0 Å². The van der Waals surface area contributed by atoms with Gasteiger partial charge in [-0.05, 0) is 17.0 Å². The van der Waals surface area contributed by atoms with E-state index in [1.807, 2.05) is 12.3 Å². The Bertz CT molecular complexity index is 681. The van der Waals surface area contributed by atoms with Gasteiger partial charge >= 0.3 is 0 Å². The van der Waals surface area contributed by atoms with Crippen molar-refractivity contribution in [3.05, 3.63) is 66.4 Å². The first-order chi connectivity index (χ1) is 9.74. The average Bonchev–Trinajstić information content (AvgIpc) is 2.98. The van der Waals surface area contributed by atoms with Crippen LogP contribution in [-0.4, -0.2) is 4.98 Å². The summed E-state index contributed by atoms with van der Waals surface area (Å²) in [5.41, 5.74) is 3.80. The molecule has 0 saturated heterocycles. The minimum absolute atomic E-state index is 0.570. The molecule has 0 bridgehead atoms. The highest BCUT2D eigenvalue weighted by atomic mass is 32.1. The molecule has 0 atom stereocenters. The molecule has 2 heteroatoms. The number of hydrogen-bond acceptors (Lipinski definition) is 2. The second kappa shape index (κ2) is 5.59. The van der Waals surface area contributed by atoms with Crippen LogP contribution in [0.1, 0.15) is 25.3 Å². The van der Waals surface area contributed by atoms with Gasteiger partial charge in [0.05, 0.1) is 4.88 Å². The van der Waals surface area contributed by atoms with Crippen molar-refractivity contribution >= 4 is 11.3 Å². The van der Waals surface area contributed by atoms with E-state index >= 15 is 0 Å². The molecule has 0 spiro atoms. The zero-order chi connectivity index (χ0) is 13.9. The van der Waals surface area contributed by atoms with E-state index in [1.165, 1.54) is 21.6 Å². The Morgan fingerprint density at radius 1 is 0.850 bits per heavy atom. The van der Waals surface area contributed by atoms with E-state index in [4.69, 9.17) is 0 Å². The first kappa shape index (κ1) is 13.1. The van der Waals surface area contributed by atoms with Crippen LogP contribution >= 0.6 is 11.3 Å². The maximum Gasteiger partial charge on any atom is 0.123 e. The molecule has 2 aromatic carbocycles. The van der Waals surface area contributed by atoms with Crippen LogP contribution in [0, 0.1) is 0 Å². The molecule has 0 unspecified atom stereocenters. The zero-order valence-electron chi connectivity index (χ0n) is 11.7. The summed E-state index contributed by atoms with van der Waals surface area (Å²) in [6, 6.07) is 19.1. The van der Waals surface area contributed by atoms with Crippen LogP contribution in [0.3, 0.4) is 0 Å². The molecule has 1 heterocycles. The van der Waals surface area contributed by atoms with Crippen LogP contribution < -0.4 is 0 Å². The molecule has 3 rings (SSSR count). The topological polar surface area (TPSA) is 12.9 Å². The van der Waals surface area contributed by atoms with E-state index in [2.05, 4.69) is 67.4 Å². The fraction of sp³-hybridized carbons (Fsp3) is 0.167. The maximum absolute atomic E-state index is 4.56. The lowest BCUT2D eigenvalue weighted by Gasteiger charge is -2.05. The monoisotopic (exact) mass is 279 g/mol. The van der Waals surface area contributed by atoms with E-state index in [0.29, 0.717) is 5.92 Å². The van der Waals surface area contributed by atoms with Crippen molar-refractivity contribution in [2.24, 2.45) is 0 Å². The summed E-state index contributed by atoms with van der Waals surface area (Å²) < 4.78 is 0. The third kappa shape index (κ3) is 2.66. The fourth-order valence-corrected chi connectivity index (χ4v) is 3.08. The second-order valence-corrected chi connectivity index (χ2v) is 6.20. The van der Waals surface area contributed by atoms with Gasteiger partial charge in [0.15, 0.2) is 0 Å². The summed E-state index contributed by atoms with van der Waals surface area (Å²) in [5, 5.41) is 1.08. The first-order valence-electron chi connectivity index (χ1n) is 6.85. The van der Waals surface area contributed by atoms with Crippen LogP contribution in [0.15, 0.2) is 60.8 Å². The maximum atomic E-state index is 4.56. The van der Waals surface area contributed by atoms with Crippen LogP contribution in [0.5, 0.6) is 0 Å². The average molecular weight is 279 g/mol. The Hall–Kier alpha value is -1.93. The molecule has 100 valence electrons. The fourth-order valence-electron chi connectivity index (χ4n) is 2.15. The predicted octanol–water partition coefficient (Wildman–Crippen LogP) is 5.60. The summed E-state index contributed by atoms with van der Waals surface area (Å²) >= 11 is 1.74. The highest BCUT2D eigenvalue weighted by Gasteiger charge is 2.07. The molecule has 0 N–H and O–H groups in total. The van der Waals surface area contributed by atoms with Crippen molar-refractivity contribution in [3.8, 4) is 21.0 Å². The molecule has 3 aromatic rings. The number of benzene rings is 2. The summed E-state index contributed by atoms with van der Waals surface area (Å²) in [7, 11) is 0. The van der Waals surface area contributed by atoms with E-state index < -0.39 is 0 Å². The number of nitrogens with zero attached hydrogens (tertiary/aromatic N) is 1. The summed E-state index contributed by atoms with van der Waals surface area (Å²) in [4.78, 5) is 5.77. The van der Waals surface area contributed by atoms with Crippen molar-refractivity contribution in [2.45, 2.75) is 19.8 Å². The number of rotatable bonds is 3. The van der Waals surface area contributed by atoms with Gasteiger partial charge in [0.2, 0.25) is 0 Å². The normalized spacial score (nSPS) is 10.9. The molecule has 0 aliphatic rings. The number of hydrogen-bond donors (Lipinski definition) is 0. The Morgan fingerprint density at radius 2 is 1.55 bits per heavy atom. The van der Waals surface area contributed by atoms with Crippen LogP contribution in [0.4, 0.5) is 0 Å². The summed E-state index contributed by atoms with van der Waals surface area (Å²) in [6.07, 6.45) is 1.96. The SMILES string of the molecule is CC(C)c1ccc(-c2ncc(-c3ccccc3)s2)cc1. The first-order valence-corrected chi connectivity index (χ1v) is 7.67. The van der Waals surface area contributed by atoms with Gasteiger partial charge in [-0.1, -0.05) is 68.4 Å². The molecule has 20 heavy (non-hydrogen) atoms. The molecular formula is C18H17NS. The van der Waals surface area contributed by atoms with Crippen molar-refractivity contribution in [1.82, 2.24) is 4.98 Å². The second-order valence-electron chi connectivity index (χ2n) is 5.17. The van der Waals surface area contributed by atoms with Gasteiger partial charge in [-0.2, -0.15) is 0 Å². The Kier molecular flexibility index (Phi) is 3.66. The van der Waals surface area contributed by atoms with Gasteiger partial charge in [0.25, 0.3) is 0 Å². The van der Waals surface area contributed by atoms with Gasteiger partial charge in [0, 0.05) is 11.8 Å². The Labute approximate surface area is 124 Å². The molecule has 0 fully saturated rings. The lowest BCUT2D eigenvalue weighted by atomic mass is 10.0. The molecular weight excluding hydrogens is 262 g/mol. The highest BCUT2D eigenvalue weighted by molar-refractivity contribution is 7.18. The minimum atomic E-state index is 0.570. The van der Waals surface area contributed by atoms with Crippen LogP contribution in [-0.2, 0) is 0 Å². The highest BCUT2D eigenvalue weighted by Crippen LogP contribution is 2.32. The lowest BCUT2D eigenvalue weighted by molar-refractivity contribution is 0.867. The van der Waals surface area contributed by atoms with Crippen molar-refractivity contribution in [3.63, 3.8) is 0 Å². The standard InChI is InChI=1S/C18H17NS/c1-13(2)14-8-10-16(11-9-14)18-19-12-17(20-18)15-6-4-3-5-7-15/h3-13H,1-2H3. The molecule has 0 aliphatic heterocycles. The van der Waals surface area contributed by atoms with Crippen LogP contribution in [0.25, 0.3) is 21.0 Å². The van der Waals surface area contributed by atoms with E-state index in [-0.39, 0.29) is 0 Å². The molecule has 0 saturated carbocycles. The van der Waals surface area contributed by atoms with Gasteiger partial charge in [-0.15, -0.1) is 11.3 Å². The molecule has 0 aliphatic carbocycles. The van der Waals surface area contributed by atoms with Crippen molar-refractivity contribution < 1.29 is 0 Å². The number of thiazole rings is 1. The number of aromatic nitrogens is 1. The largest absolute Gasteiger partial charge is 0.244 e. The Balaban J connectivity index is 1.90. The van der Waals surface area contributed by atoms with Gasteiger partial charge in [-0.25, -0.2) is 4.98 Å². The third-order valence-corrected chi connectivity index (χ3v) is 4.48. The molecule has 1 aromatic heterocycles. The Morgan fingerprint density at radius 3 is 2.20 bits per heavy atom. The lowest BCUT2D eigenvalue weighted by Crippen LogP contribution is -1.86. The van der Waals surface area contributed by atoms with Crippen molar-refractivity contribution in [2.75, 3.05) is 0 Å². The zero-order valence-corrected chi connectivity index (χ0v) is 12.5. The van der Waals surface area contributed by atoms with Gasteiger partial charge in [-0.3, -0.25) is 0 Å². The minimum Gasteiger partial charge on any atom is -0.244 e. The van der Waals surface area contributed by atoms with E-state index in [0.717, 1.165) is 5.01 Å². The molecule has 0 amide bonds. The van der Waals surface area contributed by atoms with E-state index in [1.54, 1.807) is 11.3 Å². The quantitative estimate of drug-likeness (QED) is 0.608. The predicted molar refractivity (Wildman–Crippen MR) is 87.1 cm³/mol. The summed E-state index contributed by atoms with van der Waals surface area (Å²) in [6.45, 7) is 4.43. The van der Waals surface area contributed by atoms with Crippen LogP contribution in [0.2, 0.25) is 0 Å². The van der Waals surface area contributed by atoms with Gasteiger partial charge < -0.3 is 0 Å². The van der Waals surface area contributed by atoms with Crippen molar-refractivity contribution in [1.29, 1.82) is 0 Å².